The van der Waals surface area contributed by atoms with Crippen LogP contribution in [0.5, 0.6) is 11.5 Å². The minimum Gasteiger partial charge on any atom is -0.454 e. The molecule has 3 rings (SSSR count). The van der Waals surface area contributed by atoms with Crippen LogP contribution < -0.4 is 14.2 Å². The first-order valence-electron chi connectivity index (χ1n) is 6.65. The fourth-order valence-electron chi connectivity index (χ4n) is 2.46. The van der Waals surface area contributed by atoms with Gasteiger partial charge in [-0.3, -0.25) is 0 Å². The average Bonchev–Trinajstić information content (AvgIpc) is 2.88. The van der Waals surface area contributed by atoms with Crippen LogP contribution in [0.4, 0.5) is 0 Å². The molecule has 7 heteroatoms. The lowest BCUT2D eigenvalue weighted by molar-refractivity contribution is 0.174. The lowest BCUT2D eigenvalue weighted by Gasteiger charge is -2.29. The van der Waals surface area contributed by atoms with Crippen molar-refractivity contribution in [3.8, 4) is 11.5 Å². The number of sulfonamides is 1. The smallest absolute Gasteiger partial charge is 0.240 e. The number of hydrogen-bond acceptors (Lipinski definition) is 5. The highest BCUT2D eigenvalue weighted by atomic mass is 32.2. The van der Waals surface area contributed by atoms with Gasteiger partial charge in [-0.05, 0) is 45.1 Å². The second-order valence-electron chi connectivity index (χ2n) is 5.21. The molecule has 0 aromatic heterocycles. The average molecular weight is 298 g/mol. The third-order valence-corrected chi connectivity index (χ3v) is 5.21. The topological polar surface area (TPSA) is 67.9 Å². The Morgan fingerprint density at radius 1 is 1.20 bits per heavy atom. The van der Waals surface area contributed by atoms with E-state index in [-0.39, 0.29) is 17.7 Å². The van der Waals surface area contributed by atoms with Gasteiger partial charge in [0, 0.05) is 12.1 Å². The zero-order chi connectivity index (χ0) is 14.2. The van der Waals surface area contributed by atoms with Gasteiger partial charge in [0.15, 0.2) is 11.5 Å². The van der Waals surface area contributed by atoms with E-state index in [1.54, 1.807) is 12.1 Å². The second-order valence-corrected chi connectivity index (χ2v) is 6.93. The maximum atomic E-state index is 12.4. The molecule has 1 fully saturated rings. The Labute approximate surface area is 118 Å². The molecule has 0 amide bonds. The Morgan fingerprint density at radius 3 is 2.65 bits per heavy atom. The fraction of sp³-hybridized carbons (Fsp3) is 0.538. The minimum atomic E-state index is -3.50. The summed E-state index contributed by atoms with van der Waals surface area (Å²) in [4.78, 5) is 2.42. The molecule has 0 bridgehead atoms. The molecule has 0 unspecified atom stereocenters. The van der Waals surface area contributed by atoms with Crippen LogP contribution in [0.25, 0.3) is 0 Å². The highest BCUT2D eigenvalue weighted by Crippen LogP contribution is 2.33. The molecule has 0 atom stereocenters. The van der Waals surface area contributed by atoms with Crippen LogP contribution in [0, 0.1) is 0 Å². The number of likely N-dealkylation sites (tertiary alicyclic amines) is 1. The van der Waals surface area contributed by atoms with Gasteiger partial charge in [-0.25, -0.2) is 13.1 Å². The van der Waals surface area contributed by atoms with Crippen molar-refractivity contribution < 1.29 is 17.9 Å². The number of hydrogen-bond donors (Lipinski definition) is 1. The standard InChI is InChI=1S/C13H18N2O4S/c1-15-6-4-10(5-7-15)14-20(16,17)11-2-3-12-13(8-11)19-9-18-12/h2-3,8,10,14H,4-7,9H2,1H3. The Morgan fingerprint density at radius 2 is 1.90 bits per heavy atom. The first kappa shape index (κ1) is 13.7. The monoisotopic (exact) mass is 298 g/mol. The van der Waals surface area contributed by atoms with Crippen LogP contribution in [0.15, 0.2) is 23.1 Å². The molecule has 2 aliphatic rings. The summed E-state index contributed by atoms with van der Waals surface area (Å²) in [5.74, 6) is 1.07. The fourth-order valence-corrected chi connectivity index (χ4v) is 3.78. The summed E-state index contributed by atoms with van der Waals surface area (Å²) >= 11 is 0. The summed E-state index contributed by atoms with van der Waals surface area (Å²) in [6, 6.07) is 4.69. The number of piperidine rings is 1. The Balaban J connectivity index is 1.75. The number of nitrogens with one attached hydrogen (secondary N) is 1. The van der Waals surface area contributed by atoms with E-state index in [2.05, 4.69) is 9.62 Å². The van der Waals surface area contributed by atoms with Gasteiger partial charge >= 0.3 is 0 Å². The van der Waals surface area contributed by atoms with Crippen molar-refractivity contribution in [1.82, 2.24) is 9.62 Å². The summed E-state index contributed by atoms with van der Waals surface area (Å²) in [6.07, 6.45) is 1.67. The van der Waals surface area contributed by atoms with Crippen LogP contribution in [0.3, 0.4) is 0 Å². The zero-order valence-electron chi connectivity index (χ0n) is 11.3. The number of nitrogens with zero attached hydrogens (tertiary/aromatic N) is 1. The minimum absolute atomic E-state index is 0.00150. The van der Waals surface area contributed by atoms with Crippen molar-refractivity contribution in [3.05, 3.63) is 18.2 Å². The van der Waals surface area contributed by atoms with Crippen LogP contribution in [0.1, 0.15) is 12.8 Å². The molecule has 110 valence electrons. The van der Waals surface area contributed by atoms with E-state index < -0.39 is 10.0 Å². The molecular formula is C13H18N2O4S. The first-order valence-corrected chi connectivity index (χ1v) is 8.13. The van der Waals surface area contributed by atoms with Gasteiger partial charge in [0.2, 0.25) is 16.8 Å². The van der Waals surface area contributed by atoms with E-state index >= 15 is 0 Å². The van der Waals surface area contributed by atoms with E-state index in [0.717, 1.165) is 25.9 Å². The normalized spacial score (nSPS) is 20.2. The number of benzene rings is 1. The predicted molar refractivity (Wildman–Crippen MR) is 73.4 cm³/mol. The van der Waals surface area contributed by atoms with Gasteiger partial charge in [0.1, 0.15) is 0 Å². The molecule has 1 N–H and O–H groups in total. The molecule has 0 aliphatic carbocycles. The van der Waals surface area contributed by atoms with E-state index in [1.807, 2.05) is 7.05 Å². The molecule has 1 saturated heterocycles. The molecule has 6 nitrogen and oxygen atoms in total. The van der Waals surface area contributed by atoms with Gasteiger partial charge in [-0.15, -0.1) is 0 Å². The first-order chi connectivity index (χ1) is 9.54. The van der Waals surface area contributed by atoms with Crippen molar-refractivity contribution >= 4 is 10.0 Å². The number of ether oxygens (including phenoxy) is 2. The molecule has 1 aromatic rings. The summed E-state index contributed by atoms with van der Waals surface area (Å²) in [5.41, 5.74) is 0. The van der Waals surface area contributed by atoms with Crippen molar-refractivity contribution in [3.63, 3.8) is 0 Å². The van der Waals surface area contributed by atoms with E-state index in [4.69, 9.17) is 9.47 Å². The van der Waals surface area contributed by atoms with Gasteiger partial charge in [0.05, 0.1) is 4.90 Å². The molecule has 0 spiro atoms. The lowest BCUT2D eigenvalue weighted by atomic mass is 10.1. The maximum Gasteiger partial charge on any atom is 0.240 e. The molecule has 20 heavy (non-hydrogen) atoms. The quantitative estimate of drug-likeness (QED) is 0.893. The number of rotatable bonds is 3. The lowest BCUT2D eigenvalue weighted by Crippen LogP contribution is -2.43. The van der Waals surface area contributed by atoms with Crippen LogP contribution in [0.2, 0.25) is 0 Å². The highest BCUT2D eigenvalue weighted by Gasteiger charge is 2.25. The van der Waals surface area contributed by atoms with Crippen LogP contribution >= 0.6 is 0 Å². The van der Waals surface area contributed by atoms with E-state index in [0.29, 0.717) is 11.5 Å². The second kappa shape index (κ2) is 5.23. The SMILES string of the molecule is CN1CCC(NS(=O)(=O)c2ccc3c(c2)OCO3)CC1. The van der Waals surface area contributed by atoms with Crippen LogP contribution in [-0.4, -0.2) is 46.3 Å². The molecule has 1 aromatic carbocycles. The Hall–Kier alpha value is -1.31. The van der Waals surface area contributed by atoms with E-state index in [1.165, 1.54) is 6.07 Å². The summed E-state index contributed by atoms with van der Waals surface area (Å²) in [7, 11) is -1.46. The summed E-state index contributed by atoms with van der Waals surface area (Å²) in [5, 5.41) is 0. The van der Waals surface area contributed by atoms with Gasteiger partial charge in [-0.1, -0.05) is 0 Å². The highest BCUT2D eigenvalue weighted by molar-refractivity contribution is 7.89. The third-order valence-electron chi connectivity index (χ3n) is 3.69. The van der Waals surface area contributed by atoms with E-state index in [9.17, 15) is 8.42 Å². The van der Waals surface area contributed by atoms with Gasteiger partial charge in [0.25, 0.3) is 0 Å². The molecule has 0 saturated carbocycles. The van der Waals surface area contributed by atoms with Crippen molar-refractivity contribution in [2.75, 3.05) is 26.9 Å². The molecule has 2 aliphatic heterocycles. The van der Waals surface area contributed by atoms with Gasteiger partial charge < -0.3 is 14.4 Å². The Bertz CT molecular complexity index is 594. The van der Waals surface area contributed by atoms with Crippen LogP contribution in [-0.2, 0) is 10.0 Å². The largest absolute Gasteiger partial charge is 0.454 e. The molecule has 0 radical (unpaired) electrons. The third kappa shape index (κ3) is 2.74. The van der Waals surface area contributed by atoms with Gasteiger partial charge in [-0.2, -0.15) is 0 Å². The number of fused-ring (bicyclic) bond motifs is 1. The molecular weight excluding hydrogens is 280 g/mol. The Kier molecular flexibility index (Phi) is 3.57. The van der Waals surface area contributed by atoms with Crippen molar-refractivity contribution in [1.29, 1.82) is 0 Å². The van der Waals surface area contributed by atoms with Crippen molar-refractivity contribution in [2.45, 2.75) is 23.8 Å². The summed E-state index contributed by atoms with van der Waals surface area (Å²) < 4.78 is 37.9. The van der Waals surface area contributed by atoms with Crippen molar-refractivity contribution in [2.24, 2.45) is 0 Å². The zero-order valence-corrected chi connectivity index (χ0v) is 12.1. The predicted octanol–water partition coefficient (Wildman–Crippen LogP) is 0.788. The molecule has 2 heterocycles. The summed E-state index contributed by atoms with van der Waals surface area (Å²) in [6.45, 7) is 1.96. The maximum absolute atomic E-state index is 12.4.